The number of benzene rings is 1. The molecule has 0 aromatic heterocycles. The van der Waals surface area contributed by atoms with Crippen molar-refractivity contribution in [3.63, 3.8) is 0 Å². The molecule has 4 heteroatoms. The summed E-state index contributed by atoms with van der Waals surface area (Å²) in [7, 11) is 4.02. The van der Waals surface area contributed by atoms with E-state index in [1.807, 2.05) is 32.3 Å². The maximum atomic E-state index is 10.5. The van der Waals surface area contributed by atoms with Gasteiger partial charge in [-0.1, -0.05) is 26.8 Å². The first-order valence-electron chi connectivity index (χ1n) is 8.21. The van der Waals surface area contributed by atoms with Crippen LogP contribution in [0.1, 0.15) is 56.8 Å². The summed E-state index contributed by atoms with van der Waals surface area (Å²) in [5, 5.41) is 10.5. The van der Waals surface area contributed by atoms with Crippen LogP contribution >= 0.6 is 0 Å². The van der Waals surface area contributed by atoms with E-state index in [0.29, 0.717) is 12.5 Å². The molecule has 2 unspecified atom stereocenters. The SMILES string of the molecule is CCCOc1ccc(C(O)C(N)CCN(C)C)cc1C(C)C. The second-order valence-corrected chi connectivity index (χ2v) is 6.50. The third-order valence-electron chi connectivity index (χ3n) is 3.77. The Hall–Kier alpha value is -1.10. The van der Waals surface area contributed by atoms with Gasteiger partial charge >= 0.3 is 0 Å². The van der Waals surface area contributed by atoms with Crippen molar-refractivity contribution < 1.29 is 9.84 Å². The Bertz CT molecular complexity index is 447. The van der Waals surface area contributed by atoms with Gasteiger partial charge in [-0.25, -0.2) is 0 Å². The van der Waals surface area contributed by atoms with Gasteiger partial charge in [0, 0.05) is 6.04 Å². The summed E-state index contributed by atoms with van der Waals surface area (Å²) in [6.07, 6.45) is 1.11. The molecule has 4 nitrogen and oxygen atoms in total. The van der Waals surface area contributed by atoms with Gasteiger partial charge in [-0.05, 0) is 62.7 Å². The molecule has 0 bridgehead atoms. The zero-order valence-electron chi connectivity index (χ0n) is 14.7. The molecule has 0 saturated carbocycles. The number of hydrogen-bond acceptors (Lipinski definition) is 4. The van der Waals surface area contributed by atoms with Crippen molar-refractivity contribution in [1.82, 2.24) is 4.90 Å². The van der Waals surface area contributed by atoms with Crippen LogP contribution in [0.25, 0.3) is 0 Å². The number of aliphatic hydroxyl groups excluding tert-OH is 1. The number of aliphatic hydroxyl groups is 1. The topological polar surface area (TPSA) is 58.7 Å². The molecule has 2 atom stereocenters. The molecular formula is C18H32N2O2. The van der Waals surface area contributed by atoms with E-state index in [9.17, 15) is 5.11 Å². The molecule has 22 heavy (non-hydrogen) atoms. The van der Waals surface area contributed by atoms with Crippen molar-refractivity contribution in [2.45, 2.75) is 51.7 Å². The van der Waals surface area contributed by atoms with Gasteiger partial charge < -0.3 is 20.5 Å². The fourth-order valence-corrected chi connectivity index (χ4v) is 2.36. The molecule has 3 N–H and O–H groups in total. The van der Waals surface area contributed by atoms with Crippen LogP contribution in [-0.4, -0.2) is 43.3 Å². The Labute approximate surface area is 135 Å². The Morgan fingerprint density at radius 2 is 1.95 bits per heavy atom. The predicted octanol–water partition coefficient (Wildman–Crippen LogP) is 2.91. The standard InChI is InChI=1S/C18H32N2O2/c1-6-11-22-17-8-7-14(12-15(17)13(2)3)18(21)16(19)9-10-20(4)5/h7-8,12-13,16,18,21H,6,9-11,19H2,1-5H3. The summed E-state index contributed by atoms with van der Waals surface area (Å²) in [5.41, 5.74) is 8.14. The molecule has 1 aromatic rings. The summed E-state index contributed by atoms with van der Waals surface area (Å²) in [5.74, 6) is 1.26. The van der Waals surface area contributed by atoms with Crippen LogP contribution in [-0.2, 0) is 0 Å². The van der Waals surface area contributed by atoms with E-state index in [2.05, 4.69) is 25.7 Å². The molecule has 0 fully saturated rings. The Morgan fingerprint density at radius 1 is 1.27 bits per heavy atom. The van der Waals surface area contributed by atoms with Gasteiger partial charge in [0.15, 0.2) is 0 Å². The fourth-order valence-electron chi connectivity index (χ4n) is 2.36. The fraction of sp³-hybridized carbons (Fsp3) is 0.667. The van der Waals surface area contributed by atoms with E-state index in [4.69, 9.17) is 10.5 Å². The molecular weight excluding hydrogens is 276 g/mol. The average molecular weight is 308 g/mol. The third-order valence-corrected chi connectivity index (χ3v) is 3.77. The summed E-state index contributed by atoms with van der Waals surface area (Å²) in [6, 6.07) is 5.67. The molecule has 0 aliphatic heterocycles. The van der Waals surface area contributed by atoms with E-state index < -0.39 is 6.10 Å². The van der Waals surface area contributed by atoms with Crippen LogP contribution in [0.3, 0.4) is 0 Å². The van der Waals surface area contributed by atoms with Crippen LogP contribution in [0.5, 0.6) is 5.75 Å². The first-order chi connectivity index (χ1) is 10.4. The number of rotatable bonds is 9. The van der Waals surface area contributed by atoms with Gasteiger partial charge in [0.2, 0.25) is 0 Å². The zero-order chi connectivity index (χ0) is 16.7. The van der Waals surface area contributed by atoms with Crippen LogP contribution in [0.4, 0.5) is 0 Å². The highest BCUT2D eigenvalue weighted by Gasteiger charge is 2.19. The van der Waals surface area contributed by atoms with Crippen LogP contribution < -0.4 is 10.5 Å². The van der Waals surface area contributed by atoms with E-state index in [0.717, 1.165) is 36.3 Å². The van der Waals surface area contributed by atoms with Crippen molar-refractivity contribution in [2.75, 3.05) is 27.2 Å². The van der Waals surface area contributed by atoms with Crippen molar-refractivity contribution >= 4 is 0 Å². The molecule has 1 rings (SSSR count). The second-order valence-electron chi connectivity index (χ2n) is 6.50. The van der Waals surface area contributed by atoms with Crippen molar-refractivity contribution in [2.24, 2.45) is 5.73 Å². The van der Waals surface area contributed by atoms with Gasteiger partial charge in [0.25, 0.3) is 0 Å². The third kappa shape index (κ3) is 5.59. The Kier molecular flexibility index (Phi) is 7.87. The molecule has 0 radical (unpaired) electrons. The van der Waals surface area contributed by atoms with Gasteiger partial charge in [-0.15, -0.1) is 0 Å². The van der Waals surface area contributed by atoms with Gasteiger partial charge in [-0.3, -0.25) is 0 Å². The van der Waals surface area contributed by atoms with E-state index >= 15 is 0 Å². The molecule has 0 aliphatic rings. The predicted molar refractivity (Wildman–Crippen MR) is 92.4 cm³/mol. The van der Waals surface area contributed by atoms with Crippen LogP contribution in [0.15, 0.2) is 18.2 Å². The second kappa shape index (κ2) is 9.13. The molecule has 126 valence electrons. The van der Waals surface area contributed by atoms with Gasteiger partial charge in [0.05, 0.1) is 12.7 Å². The highest BCUT2D eigenvalue weighted by molar-refractivity contribution is 5.40. The number of hydrogen-bond donors (Lipinski definition) is 2. The van der Waals surface area contributed by atoms with Gasteiger partial charge in [0.1, 0.15) is 5.75 Å². The molecule has 0 heterocycles. The Morgan fingerprint density at radius 3 is 2.50 bits per heavy atom. The molecule has 0 aliphatic carbocycles. The largest absolute Gasteiger partial charge is 0.493 e. The Balaban J connectivity index is 2.88. The number of nitrogens with zero attached hydrogens (tertiary/aromatic N) is 1. The summed E-state index contributed by atoms with van der Waals surface area (Å²) >= 11 is 0. The number of nitrogens with two attached hydrogens (primary N) is 1. The lowest BCUT2D eigenvalue weighted by atomic mass is 9.94. The lowest BCUT2D eigenvalue weighted by molar-refractivity contribution is 0.137. The van der Waals surface area contributed by atoms with Crippen molar-refractivity contribution in [1.29, 1.82) is 0 Å². The quantitative estimate of drug-likeness (QED) is 0.736. The maximum absolute atomic E-state index is 10.5. The first-order valence-corrected chi connectivity index (χ1v) is 8.21. The van der Waals surface area contributed by atoms with Crippen molar-refractivity contribution in [3.05, 3.63) is 29.3 Å². The minimum Gasteiger partial charge on any atom is -0.493 e. The summed E-state index contributed by atoms with van der Waals surface area (Å²) in [4.78, 5) is 2.08. The lowest BCUT2D eigenvalue weighted by Crippen LogP contribution is -2.32. The maximum Gasteiger partial charge on any atom is 0.122 e. The highest BCUT2D eigenvalue weighted by Crippen LogP contribution is 2.30. The molecule has 1 aromatic carbocycles. The zero-order valence-corrected chi connectivity index (χ0v) is 14.7. The normalized spacial score (nSPS) is 14.4. The summed E-state index contributed by atoms with van der Waals surface area (Å²) < 4.78 is 5.80. The smallest absolute Gasteiger partial charge is 0.122 e. The highest BCUT2D eigenvalue weighted by atomic mass is 16.5. The number of ether oxygens (including phenoxy) is 1. The van der Waals surface area contributed by atoms with Gasteiger partial charge in [-0.2, -0.15) is 0 Å². The van der Waals surface area contributed by atoms with Crippen LogP contribution in [0.2, 0.25) is 0 Å². The van der Waals surface area contributed by atoms with Crippen LogP contribution in [0, 0.1) is 0 Å². The van der Waals surface area contributed by atoms with E-state index in [1.165, 1.54) is 0 Å². The van der Waals surface area contributed by atoms with E-state index in [1.54, 1.807) is 0 Å². The van der Waals surface area contributed by atoms with Crippen molar-refractivity contribution in [3.8, 4) is 5.75 Å². The minimum absolute atomic E-state index is 0.259. The first kappa shape index (κ1) is 18.9. The molecule has 0 amide bonds. The van der Waals surface area contributed by atoms with E-state index in [-0.39, 0.29) is 6.04 Å². The summed E-state index contributed by atoms with van der Waals surface area (Å²) in [6.45, 7) is 7.94. The monoisotopic (exact) mass is 308 g/mol. The average Bonchev–Trinajstić information content (AvgIpc) is 2.49. The lowest BCUT2D eigenvalue weighted by Gasteiger charge is -2.23. The molecule has 0 spiro atoms. The minimum atomic E-state index is -0.641. The molecule has 0 saturated heterocycles.